The van der Waals surface area contributed by atoms with Crippen molar-refractivity contribution in [3.63, 3.8) is 0 Å². The number of amides is 1. The molecule has 2 rings (SSSR count). The van der Waals surface area contributed by atoms with E-state index in [1.165, 1.54) is 6.42 Å². The van der Waals surface area contributed by atoms with Crippen molar-refractivity contribution in [1.82, 2.24) is 4.98 Å². The van der Waals surface area contributed by atoms with E-state index in [0.717, 1.165) is 36.9 Å². The highest BCUT2D eigenvalue weighted by atomic mass is 16.1. The Balaban J connectivity index is 1.92. The summed E-state index contributed by atoms with van der Waals surface area (Å²) < 4.78 is 0. The zero-order chi connectivity index (χ0) is 13.0. The van der Waals surface area contributed by atoms with Crippen LogP contribution in [0.5, 0.6) is 0 Å². The van der Waals surface area contributed by atoms with Gasteiger partial charge in [-0.1, -0.05) is 19.3 Å². The van der Waals surface area contributed by atoms with Crippen molar-refractivity contribution >= 4 is 11.6 Å². The lowest BCUT2D eigenvalue weighted by molar-refractivity contribution is -0.117. The highest BCUT2D eigenvalue weighted by Gasteiger charge is 2.29. The summed E-state index contributed by atoms with van der Waals surface area (Å²) in [6, 6.07) is 1.91. The second-order valence-corrected chi connectivity index (χ2v) is 5.40. The van der Waals surface area contributed by atoms with Crippen molar-refractivity contribution in [1.29, 1.82) is 0 Å². The van der Waals surface area contributed by atoms with Crippen molar-refractivity contribution in [3.8, 4) is 0 Å². The lowest BCUT2D eigenvalue weighted by atomic mass is 9.80. The number of nitrogens with zero attached hydrogens (tertiary/aromatic N) is 1. The first-order chi connectivity index (χ1) is 8.57. The summed E-state index contributed by atoms with van der Waals surface area (Å²) >= 11 is 0. The zero-order valence-electron chi connectivity index (χ0n) is 10.9. The van der Waals surface area contributed by atoms with Gasteiger partial charge in [0.25, 0.3) is 0 Å². The van der Waals surface area contributed by atoms with Crippen molar-refractivity contribution < 1.29 is 4.79 Å². The number of carbonyl (C=O) groups excluding carboxylic acids is 1. The van der Waals surface area contributed by atoms with Crippen molar-refractivity contribution in [2.24, 2.45) is 5.73 Å². The summed E-state index contributed by atoms with van der Waals surface area (Å²) in [5.41, 5.74) is 7.75. The van der Waals surface area contributed by atoms with E-state index in [1.807, 2.05) is 13.0 Å². The third-order valence-corrected chi connectivity index (χ3v) is 3.52. The highest BCUT2D eigenvalue weighted by Crippen LogP contribution is 2.28. The predicted octanol–water partition coefficient (Wildman–Crippen LogP) is 2.38. The van der Waals surface area contributed by atoms with Gasteiger partial charge < -0.3 is 11.1 Å². The number of pyridine rings is 1. The second kappa shape index (κ2) is 5.48. The summed E-state index contributed by atoms with van der Waals surface area (Å²) in [5.74, 6) is -0.00759. The number of nitrogens with one attached hydrogen (secondary N) is 1. The number of carbonyl (C=O) groups is 1. The highest BCUT2D eigenvalue weighted by molar-refractivity contribution is 5.91. The number of anilines is 1. The normalized spacial score (nSPS) is 18.3. The maximum atomic E-state index is 12.0. The molecule has 0 bridgehead atoms. The van der Waals surface area contributed by atoms with Gasteiger partial charge in [0.15, 0.2) is 0 Å². The standard InChI is InChI=1S/C14H21N3O/c1-11-7-12(10-16-9-11)17-13(18)8-14(15)5-3-2-4-6-14/h7,9-10H,2-6,8,15H2,1H3,(H,17,18). The van der Waals surface area contributed by atoms with E-state index >= 15 is 0 Å². The summed E-state index contributed by atoms with van der Waals surface area (Å²) in [5, 5.41) is 2.87. The Labute approximate surface area is 108 Å². The number of hydrogen-bond acceptors (Lipinski definition) is 3. The molecule has 1 aliphatic carbocycles. The van der Waals surface area contributed by atoms with Gasteiger partial charge in [0, 0.05) is 18.2 Å². The maximum Gasteiger partial charge on any atom is 0.226 e. The Bertz CT molecular complexity index is 425. The fraction of sp³-hybridized carbons (Fsp3) is 0.571. The maximum absolute atomic E-state index is 12.0. The molecule has 18 heavy (non-hydrogen) atoms. The van der Waals surface area contributed by atoms with E-state index in [-0.39, 0.29) is 11.4 Å². The molecule has 1 aliphatic rings. The van der Waals surface area contributed by atoms with E-state index in [9.17, 15) is 4.79 Å². The smallest absolute Gasteiger partial charge is 0.226 e. The van der Waals surface area contributed by atoms with Crippen LogP contribution in [0.3, 0.4) is 0 Å². The molecule has 1 amide bonds. The number of nitrogens with two attached hydrogens (primary N) is 1. The van der Waals surface area contributed by atoms with Crippen molar-refractivity contribution in [3.05, 3.63) is 24.0 Å². The van der Waals surface area contributed by atoms with Crippen molar-refractivity contribution in [2.45, 2.75) is 51.0 Å². The van der Waals surface area contributed by atoms with E-state index in [2.05, 4.69) is 10.3 Å². The summed E-state index contributed by atoms with van der Waals surface area (Å²) in [6.07, 6.45) is 9.24. The average Bonchev–Trinajstić information content (AvgIpc) is 2.28. The molecule has 3 N–H and O–H groups in total. The number of aromatic nitrogens is 1. The Morgan fingerprint density at radius 3 is 2.78 bits per heavy atom. The first kappa shape index (κ1) is 13.0. The molecule has 1 saturated carbocycles. The summed E-state index contributed by atoms with van der Waals surface area (Å²) in [4.78, 5) is 16.0. The Hall–Kier alpha value is -1.42. The second-order valence-electron chi connectivity index (χ2n) is 5.40. The van der Waals surface area contributed by atoms with Crippen molar-refractivity contribution in [2.75, 3.05) is 5.32 Å². The van der Waals surface area contributed by atoms with Gasteiger partial charge in [-0.25, -0.2) is 0 Å². The first-order valence-corrected chi connectivity index (χ1v) is 6.58. The van der Waals surface area contributed by atoms with E-state index in [1.54, 1.807) is 12.4 Å². The van der Waals surface area contributed by atoms with Crippen LogP contribution in [0.4, 0.5) is 5.69 Å². The molecule has 1 aromatic heterocycles. The van der Waals surface area contributed by atoms with Crippen LogP contribution in [0.2, 0.25) is 0 Å². The molecule has 98 valence electrons. The van der Waals surface area contributed by atoms with E-state index < -0.39 is 0 Å². The number of hydrogen-bond donors (Lipinski definition) is 2. The number of rotatable bonds is 3. The third kappa shape index (κ3) is 3.53. The topological polar surface area (TPSA) is 68.0 Å². The van der Waals surface area contributed by atoms with Crippen LogP contribution < -0.4 is 11.1 Å². The summed E-state index contributed by atoms with van der Waals surface area (Å²) in [7, 11) is 0. The van der Waals surface area contributed by atoms with Crippen LogP contribution in [0, 0.1) is 6.92 Å². The molecule has 0 spiro atoms. The third-order valence-electron chi connectivity index (χ3n) is 3.52. The zero-order valence-corrected chi connectivity index (χ0v) is 10.9. The molecule has 4 nitrogen and oxygen atoms in total. The van der Waals surface area contributed by atoms with Crippen LogP contribution in [-0.2, 0) is 4.79 Å². The molecule has 0 saturated heterocycles. The van der Waals surface area contributed by atoms with Crippen LogP contribution in [0.25, 0.3) is 0 Å². The minimum atomic E-state index is -0.306. The van der Waals surface area contributed by atoms with Gasteiger partial charge in [-0.05, 0) is 31.4 Å². The lowest BCUT2D eigenvalue weighted by Crippen LogP contribution is -2.44. The molecule has 0 aliphatic heterocycles. The molecular formula is C14H21N3O. The van der Waals surface area contributed by atoms with Gasteiger partial charge in [0.1, 0.15) is 0 Å². The van der Waals surface area contributed by atoms with E-state index in [0.29, 0.717) is 6.42 Å². The molecule has 1 fully saturated rings. The van der Waals surface area contributed by atoms with Crippen LogP contribution in [-0.4, -0.2) is 16.4 Å². The van der Waals surface area contributed by atoms with Gasteiger partial charge in [-0.15, -0.1) is 0 Å². The minimum Gasteiger partial charge on any atom is -0.325 e. The molecule has 1 aromatic rings. The van der Waals surface area contributed by atoms with Gasteiger partial charge in [0.2, 0.25) is 5.91 Å². The van der Waals surface area contributed by atoms with E-state index in [4.69, 9.17) is 5.73 Å². The molecular weight excluding hydrogens is 226 g/mol. The average molecular weight is 247 g/mol. The first-order valence-electron chi connectivity index (χ1n) is 6.58. The Morgan fingerprint density at radius 2 is 2.11 bits per heavy atom. The predicted molar refractivity (Wildman–Crippen MR) is 72.2 cm³/mol. The minimum absolute atomic E-state index is 0.00759. The Kier molecular flexibility index (Phi) is 3.97. The quantitative estimate of drug-likeness (QED) is 0.861. The molecule has 0 aromatic carbocycles. The summed E-state index contributed by atoms with van der Waals surface area (Å²) in [6.45, 7) is 1.95. The molecule has 0 unspecified atom stereocenters. The van der Waals surface area contributed by atoms with Crippen LogP contribution in [0.1, 0.15) is 44.1 Å². The van der Waals surface area contributed by atoms with Crippen LogP contribution >= 0.6 is 0 Å². The largest absolute Gasteiger partial charge is 0.325 e. The fourth-order valence-electron chi connectivity index (χ4n) is 2.58. The monoisotopic (exact) mass is 247 g/mol. The Morgan fingerprint density at radius 1 is 1.39 bits per heavy atom. The lowest BCUT2D eigenvalue weighted by Gasteiger charge is -2.32. The number of aryl methyl sites for hydroxylation is 1. The SMILES string of the molecule is Cc1cncc(NC(=O)CC2(N)CCCCC2)c1. The fourth-order valence-corrected chi connectivity index (χ4v) is 2.58. The van der Waals surface area contributed by atoms with Gasteiger partial charge >= 0.3 is 0 Å². The van der Waals surface area contributed by atoms with Gasteiger partial charge in [-0.3, -0.25) is 9.78 Å². The molecule has 4 heteroatoms. The van der Waals surface area contributed by atoms with Crippen LogP contribution in [0.15, 0.2) is 18.5 Å². The van der Waals surface area contributed by atoms with Gasteiger partial charge in [-0.2, -0.15) is 0 Å². The van der Waals surface area contributed by atoms with Gasteiger partial charge in [0.05, 0.1) is 11.9 Å². The molecule has 0 radical (unpaired) electrons. The molecule has 0 atom stereocenters. The molecule has 1 heterocycles.